The number of carbonyl (C=O) groups is 1. The van der Waals surface area contributed by atoms with Crippen LogP contribution in [0.2, 0.25) is 0 Å². The summed E-state index contributed by atoms with van der Waals surface area (Å²) in [6.45, 7) is 0. The average Bonchev–Trinajstić information content (AvgIpc) is 2.74. The summed E-state index contributed by atoms with van der Waals surface area (Å²) < 4.78 is 10.6. The van der Waals surface area contributed by atoms with Crippen LogP contribution in [0.25, 0.3) is 0 Å². The van der Waals surface area contributed by atoms with Gasteiger partial charge in [0.05, 0.1) is 25.5 Å². The molecule has 0 saturated carbocycles. The Bertz CT molecular complexity index is 1030. The van der Waals surface area contributed by atoms with Gasteiger partial charge in [-0.05, 0) is 30.3 Å². The highest BCUT2D eigenvalue weighted by atomic mass is 16.5. The standard InChI is InChI=1S/C22H20N2O4/c1-27-15-8-5-7-14(13-15)24-21(17-10-6-12-19(28-2)20(17)25)23-18-11-4-3-9-16(18)22(24)26/h3-13,21,23,25H,1-2H3. The molecule has 0 aromatic heterocycles. The quantitative estimate of drug-likeness (QED) is 0.715. The van der Waals surface area contributed by atoms with E-state index in [-0.39, 0.29) is 11.7 Å². The first-order valence-electron chi connectivity index (χ1n) is 8.83. The molecule has 0 aliphatic carbocycles. The van der Waals surface area contributed by atoms with Crippen LogP contribution < -0.4 is 19.7 Å². The van der Waals surface area contributed by atoms with Gasteiger partial charge in [-0.25, -0.2) is 0 Å². The number of rotatable bonds is 4. The molecular weight excluding hydrogens is 356 g/mol. The van der Waals surface area contributed by atoms with Crippen LogP contribution in [-0.4, -0.2) is 25.2 Å². The molecule has 2 N–H and O–H groups in total. The lowest BCUT2D eigenvalue weighted by atomic mass is 10.0. The summed E-state index contributed by atoms with van der Waals surface area (Å²) in [5, 5.41) is 14.1. The molecule has 1 aliphatic rings. The number of ether oxygens (including phenoxy) is 2. The van der Waals surface area contributed by atoms with Crippen LogP contribution >= 0.6 is 0 Å². The number of amides is 1. The minimum Gasteiger partial charge on any atom is -0.504 e. The SMILES string of the molecule is COc1cccc(N2C(=O)c3ccccc3NC2c2cccc(OC)c2O)c1. The second-order valence-corrected chi connectivity index (χ2v) is 6.37. The van der Waals surface area contributed by atoms with E-state index in [4.69, 9.17) is 9.47 Å². The van der Waals surface area contributed by atoms with Crippen LogP contribution in [0.15, 0.2) is 66.7 Å². The van der Waals surface area contributed by atoms with Crippen LogP contribution in [0.5, 0.6) is 17.2 Å². The number of hydrogen-bond donors (Lipinski definition) is 2. The Morgan fingerprint density at radius 3 is 2.54 bits per heavy atom. The van der Waals surface area contributed by atoms with E-state index >= 15 is 0 Å². The third kappa shape index (κ3) is 2.89. The van der Waals surface area contributed by atoms with Crippen molar-refractivity contribution >= 4 is 17.3 Å². The van der Waals surface area contributed by atoms with Gasteiger partial charge in [0.15, 0.2) is 11.5 Å². The molecule has 3 aromatic rings. The number of para-hydroxylation sites is 2. The fraction of sp³-hybridized carbons (Fsp3) is 0.136. The van der Waals surface area contributed by atoms with Crippen molar-refractivity contribution in [1.29, 1.82) is 0 Å². The van der Waals surface area contributed by atoms with E-state index in [0.717, 1.165) is 0 Å². The van der Waals surface area contributed by atoms with Crippen LogP contribution in [-0.2, 0) is 0 Å². The maximum atomic E-state index is 13.4. The number of anilines is 2. The van der Waals surface area contributed by atoms with Crippen LogP contribution in [0.3, 0.4) is 0 Å². The van der Waals surface area contributed by atoms with Gasteiger partial charge in [-0.3, -0.25) is 9.69 Å². The second kappa shape index (κ2) is 7.15. The van der Waals surface area contributed by atoms with Crippen molar-refractivity contribution in [2.45, 2.75) is 6.17 Å². The molecular formula is C22H20N2O4. The molecule has 1 amide bonds. The van der Waals surface area contributed by atoms with Crippen LogP contribution in [0.1, 0.15) is 22.1 Å². The molecule has 0 spiro atoms. The second-order valence-electron chi connectivity index (χ2n) is 6.37. The Morgan fingerprint density at radius 1 is 0.964 bits per heavy atom. The molecule has 1 heterocycles. The smallest absolute Gasteiger partial charge is 0.262 e. The molecule has 3 aromatic carbocycles. The summed E-state index contributed by atoms with van der Waals surface area (Å²) in [7, 11) is 3.07. The highest BCUT2D eigenvalue weighted by Crippen LogP contribution is 2.42. The number of phenolic OH excluding ortho intramolecular Hbond substituents is 1. The minimum absolute atomic E-state index is 0.0115. The maximum Gasteiger partial charge on any atom is 0.262 e. The third-order valence-corrected chi connectivity index (χ3v) is 4.80. The van der Waals surface area contributed by atoms with Crippen LogP contribution in [0, 0.1) is 0 Å². The van der Waals surface area contributed by atoms with Gasteiger partial charge >= 0.3 is 0 Å². The van der Waals surface area contributed by atoms with Crippen molar-refractivity contribution in [1.82, 2.24) is 0 Å². The zero-order valence-electron chi connectivity index (χ0n) is 15.5. The molecule has 142 valence electrons. The van der Waals surface area contributed by atoms with Gasteiger partial charge in [-0.2, -0.15) is 0 Å². The molecule has 0 bridgehead atoms. The Balaban J connectivity index is 1.90. The van der Waals surface area contributed by atoms with Crippen molar-refractivity contribution in [3.8, 4) is 17.2 Å². The van der Waals surface area contributed by atoms with E-state index < -0.39 is 6.17 Å². The van der Waals surface area contributed by atoms with Crippen molar-refractivity contribution in [3.63, 3.8) is 0 Å². The molecule has 1 atom stereocenters. The fourth-order valence-electron chi connectivity index (χ4n) is 3.42. The van der Waals surface area contributed by atoms with Gasteiger partial charge in [-0.1, -0.05) is 30.3 Å². The van der Waals surface area contributed by atoms with E-state index in [9.17, 15) is 9.90 Å². The highest BCUT2D eigenvalue weighted by molar-refractivity contribution is 6.12. The largest absolute Gasteiger partial charge is 0.504 e. The van der Waals surface area contributed by atoms with Crippen molar-refractivity contribution < 1.29 is 19.4 Å². The molecule has 6 heteroatoms. The van der Waals surface area contributed by atoms with Gasteiger partial charge in [0, 0.05) is 17.3 Å². The molecule has 1 unspecified atom stereocenters. The number of methoxy groups -OCH3 is 2. The number of nitrogens with zero attached hydrogens (tertiary/aromatic N) is 1. The van der Waals surface area contributed by atoms with Gasteiger partial charge in [0.2, 0.25) is 0 Å². The van der Waals surface area contributed by atoms with Gasteiger partial charge < -0.3 is 19.9 Å². The summed E-state index contributed by atoms with van der Waals surface area (Å²) in [5.74, 6) is 0.798. The molecule has 0 saturated heterocycles. The number of benzene rings is 3. The fourth-order valence-corrected chi connectivity index (χ4v) is 3.42. The molecule has 28 heavy (non-hydrogen) atoms. The molecule has 4 rings (SSSR count). The monoisotopic (exact) mass is 376 g/mol. The minimum atomic E-state index is -0.621. The maximum absolute atomic E-state index is 13.4. The Labute approximate surface area is 162 Å². The molecule has 6 nitrogen and oxygen atoms in total. The van der Waals surface area contributed by atoms with E-state index in [1.807, 2.05) is 36.4 Å². The first-order valence-corrected chi connectivity index (χ1v) is 8.83. The van der Waals surface area contributed by atoms with Gasteiger partial charge in [0.1, 0.15) is 11.9 Å². The number of aromatic hydroxyl groups is 1. The van der Waals surface area contributed by atoms with Crippen molar-refractivity contribution in [2.75, 3.05) is 24.4 Å². The molecule has 1 aliphatic heterocycles. The number of fused-ring (bicyclic) bond motifs is 1. The van der Waals surface area contributed by atoms with Crippen molar-refractivity contribution in [3.05, 3.63) is 77.9 Å². The normalized spacial score (nSPS) is 15.6. The van der Waals surface area contributed by atoms with Gasteiger partial charge in [0.25, 0.3) is 5.91 Å². The zero-order chi connectivity index (χ0) is 19.7. The number of phenols is 1. The number of nitrogens with one attached hydrogen (secondary N) is 1. The van der Waals surface area contributed by atoms with E-state index in [1.165, 1.54) is 7.11 Å². The average molecular weight is 376 g/mol. The van der Waals surface area contributed by atoms with Gasteiger partial charge in [-0.15, -0.1) is 0 Å². The molecule has 0 radical (unpaired) electrons. The third-order valence-electron chi connectivity index (χ3n) is 4.80. The zero-order valence-corrected chi connectivity index (χ0v) is 15.5. The first-order chi connectivity index (χ1) is 13.6. The predicted molar refractivity (Wildman–Crippen MR) is 107 cm³/mol. The molecule has 0 fully saturated rings. The van der Waals surface area contributed by atoms with Crippen LogP contribution in [0.4, 0.5) is 11.4 Å². The lowest BCUT2D eigenvalue weighted by molar-refractivity contribution is 0.0974. The van der Waals surface area contributed by atoms with E-state index in [0.29, 0.717) is 34.0 Å². The van der Waals surface area contributed by atoms with Crippen molar-refractivity contribution in [2.24, 2.45) is 0 Å². The lowest BCUT2D eigenvalue weighted by Gasteiger charge is -2.38. The Hall–Kier alpha value is -3.67. The topological polar surface area (TPSA) is 71.0 Å². The summed E-state index contributed by atoms with van der Waals surface area (Å²) in [5.41, 5.74) is 2.45. The Kier molecular flexibility index (Phi) is 4.53. The highest BCUT2D eigenvalue weighted by Gasteiger charge is 2.36. The summed E-state index contributed by atoms with van der Waals surface area (Å²) in [6, 6.07) is 19.8. The summed E-state index contributed by atoms with van der Waals surface area (Å²) in [4.78, 5) is 15.0. The summed E-state index contributed by atoms with van der Waals surface area (Å²) in [6.07, 6.45) is -0.621. The lowest BCUT2D eigenvalue weighted by Crippen LogP contribution is -2.43. The van der Waals surface area contributed by atoms with E-state index in [1.54, 1.807) is 42.3 Å². The number of hydrogen-bond acceptors (Lipinski definition) is 5. The predicted octanol–water partition coefficient (Wildman–Crippen LogP) is 4.18. The first kappa shape index (κ1) is 17.7. The Morgan fingerprint density at radius 2 is 1.75 bits per heavy atom. The number of carbonyl (C=O) groups excluding carboxylic acids is 1. The summed E-state index contributed by atoms with van der Waals surface area (Å²) >= 11 is 0. The van der Waals surface area contributed by atoms with E-state index in [2.05, 4.69) is 5.32 Å².